The van der Waals surface area contributed by atoms with Crippen LogP contribution in [0.4, 0.5) is 14.9 Å². The number of ether oxygens (including phenoxy) is 1. The van der Waals surface area contributed by atoms with Gasteiger partial charge in [-0.05, 0) is 30.7 Å². The molecule has 2 aromatic heterocycles. The van der Waals surface area contributed by atoms with E-state index in [0.29, 0.717) is 27.7 Å². The monoisotopic (exact) mass is 413 g/mol. The van der Waals surface area contributed by atoms with Gasteiger partial charge in [0, 0.05) is 17.4 Å². The third kappa shape index (κ3) is 3.09. The second-order valence-electron chi connectivity index (χ2n) is 7.29. The van der Waals surface area contributed by atoms with Crippen molar-refractivity contribution in [3.63, 3.8) is 0 Å². The molecule has 0 aliphatic heterocycles. The summed E-state index contributed by atoms with van der Waals surface area (Å²) in [6.45, 7) is 0. The first-order valence-electron chi connectivity index (χ1n) is 9.20. The summed E-state index contributed by atoms with van der Waals surface area (Å²) >= 11 is 6.44. The molecule has 1 saturated carbocycles. The number of benzene rings is 1. The summed E-state index contributed by atoms with van der Waals surface area (Å²) in [5.41, 5.74) is 7.72. The Kier molecular flexibility index (Phi) is 4.16. The van der Waals surface area contributed by atoms with Gasteiger partial charge in [-0.1, -0.05) is 23.8 Å². The lowest BCUT2D eigenvalue weighted by molar-refractivity contribution is 0.0854. The normalized spacial score (nSPS) is 24.9. The second-order valence-corrected chi connectivity index (χ2v) is 7.70. The summed E-state index contributed by atoms with van der Waals surface area (Å²) in [4.78, 5) is 23.4. The van der Waals surface area contributed by atoms with E-state index < -0.39 is 6.09 Å². The molecule has 4 N–H and O–H groups in total. The number of imidazole rings is 1. The first kappa shape index (κ1) is 17.9. The van der Waals surface area contributed by atoms with Crippen molar-refractivity contribution in [2.75, 3.05) is 5.32 Å². The lowest BCUT2D eigenvalue weighted by Crippen LogP contribution is -2.41. The summed E-state index contributed by atoms with van der Waals surface area (Å²) in [5.74, 6) is 0.551. The van der Waals surface area contributed by atoms with E-state index in [1.165, 1.54) is 18.3 Å². The lowest BCUT2D eigenvalue weighted by Gasteiger charge is -2.29. The van der Waals surface area contributed by atoms with Crippen LogP contribution in [-0.2, 0) is 4.74 Å². The van der Waals surface area contributed by atoms with E-state index in [-0.39, 0.29) is 29.8 Å². The van der Waals surface area contributed by atoms with Gasteiger partial charge in [0.1, 0.15) is 23.3 Å². The number of nitrogens with zero attached hydrogens (tertiary/aromatic N) is 2. The first-order chi connectivity index (χ1) is 14.0. The minimum atomic E-state index is -0.797. The zero-order valence-corrected chi connectivity index (χ0v) is 15.9. The van der Waals surface area contributed by atoms with Crippen LogP contribution in [0.3, 0.4) is 0 Å². The van der Waals surface area contributed by atoms with Crippen LogP contribution in [0.2, 0.25) is 5.02 Å². The largest absolute Gasteiger partial charge is 0.444 e. The summed E-state index contributed by atoms with van der Waals surface area (Å²) in [5, 5.41) is 3.84. The van der Waals surface area contributed by atoms with E-state index in [1.807, 2.05) is 0 Å². The lowest BCUT2D eigenvalue weighted by atomic mass is 9.98. The van der Waals surface area contributed by atoms with Gasteiger partial charge in [0.05, 0.1) is 22.9 Å². The molecule has 7 nitrogen and oxygen atoms in total. The number of nitrogens with two attached hydrogens (primary N) is 1. The van der Waals surface area contributed by atoms with Crippen molar-refractivity contribution in [2.45, 2.75) is 18.6 Å². The number of carbonyl (C=O) groups excluding carboxylic acids is 1. The highest BCUT2D eigenvalue weighted by Gasteiger charge is 2.47. The Morgan fingerprint density at radius 2 is 2.03 bits per heavy atom. The van der Waals surface area contributed by atoms with E-state index >= 15 is 0 Å². The SMILES string of the molecule is NC(=O)O[C@@H]1[C@H](Nc2c(Cl)cnc3nc(-c4ccc(F)cc4)[nH]c23)[C@H]2C=C[C@@H]1C2. The molecule has 2 heterocycles. The highest BCUT2D eigenvalue weighted by molar-refractivity contribution is 6.34. The minimum absolute atomic E-state index is 0.123. The minimum Gasteiger partial charge on any atom is -0.444 e. The number of carbonyl (C=O) groups is 1. The van der Waals surface area contributed by atoms with Crippen molar-refractivity contribution in [1.29, 1.82) is 0 Å². The number of pyridine rings is 1. The Morgan fingerprint density at radius 3 is 2.79 bits per heavy atom. The molecule has 9 heteroatoms. The molecule has 2 aliphatic carbocycles. The fourth-order valence-corrected chi connectivity index (χ4v) is 4.44. The summed E-state index contributed by atoms with van der Waals surface area (Å²) in [6, 6.07) is 5.85. The number of fused-ring (bicyclic) bond motifs is 3. The average molecular weight is 414 g/mol. The number of H-pyrrole nitrogens is 1. The van der Waals surface area contributed by atoms with Crippen molar-refractivity contribution in [3.8, 4) is 11.4 Å². The van der Waals surface area contributed by atoms with Crippen LogP contribution < -0.4 is 11.1 Å². The number of aromatic amines is 1. The van der Waals surface area contributed by atoms with E-state index in [9.17, 15) is 9.18 Å². The van der Waals surface area contributed by atoms with Crippen molar-refractivity contribution in [3.05, 3.63) is 53.5 Å². The molecule has 148 valence electrons. The number of amides is 1. The highest BCUT2D eigenvalue weighted by atomic mass is 35.5. The molecule has 0 unspecified atom stereocenters. The molecular formula is C20H17ClFN5O2. The van der Waals surface area contributed by atoms with Crippen molar-refractivity contribution >= 4 is 34.5 Å². The maximum absolute atomic E-state index is 13.2. The smallest absolute Gasteiger partial charge is 0.404 e. The zero-order valence-electron chi connectivity index (χ0n) is 15.1. The Labute approximate surface area is 170 Å². The maximum atomic E-state index is 13.2. The van der Waals surface area contributed by atoms with Gasteiger partial charge in [-0.15, -0.1) is 0 Å². The predicted molar refractivity (Wildman–Crippen MR) is 107 cm³/mol. The molecule has 2 aliphatic rings. The van der Waals surface area contributed by atoms with E-state index in [4.69, 9.17) is 22.1 Å². The third-order valence-electron chi connectivity index (χ3n) is 5.54. The molecule has 4 atom stereocenters. The van der Waals surface area contributed by atoms with Crippen LogP contribution >= 0.6 is 11.6 Å². The average Bonchev–Trinajstić information content (AvgIpc) is 3.40. The van der Waals surface area contributed by atoms with Gasteiger partial charge in [-0.2, -0.15) is 0 Å². The zero-order chi connectivity index (χ0) is 20.1. The summed E-state index contributed by atoms with van der Waals surface area (Å²) < 4.78 is 18.6. The van der Waals surface area contributed by atoms with E-state index in [1.54, 1.807) is 12.1 Å². The highest BCUT2D eigenvalue weighted by Crippen LogP contribution is 2.44. The van der Waals surface area contributed by atoms with E-state index in [0.717, 1.165) is 12.0 Å². The number of nitrogens with one attached hydrogen (secondary N) is 2. The number of halogens is 2. The molecule has 0 spiro atoms. The van der Waals surface area contributed by atoms with Crippen LogP contribution in [0.15, 0.2) is 42.6 Å². The molecule has 1 aromatic carbocycles. The van der Waals surface area contributed by atoms with Gasteiger partial charge >= 0.3 is 6.09 Å². The van der Waals surface area contributed by atoms with Gasteiger partial charge in [0.15, 0.2) is 5.65 Å². The standard InChI is InChI=1S/C20H17ClFN5O2/c21-13-8-24-19-16(26-18(27-19)9-3-5-12(22)6-4-9)15(13)25-14-10-1-2-11(7-10)17(14)29-20(23)28/h1-6,8,10-11,14,17H,7H2,(H2,23,28)(H2,24,25,26,27)/t10-,11+,14+,17-/m0/s1. The van der Waals surface area contributed by atoms with Gasteiger partial charge < -0.3 is 20.8 Å². The van der Waals surface area contributed by atoms with Gasteiger partial charge in [-0.25, -0.2) is 19.2 Å². The Hall–Kier alpha value is -3.13. The van der Waals surface area contributed by atoms with Crippen LogP contribution in [0, 0.1) is 17.7 Å². The van der Waals surface area contributed by atoms with E-state index in [2.05, 4.69) is 32.4 Å². The number of hydrogen-bond acceptors (Lipinski definition) is 5. The summed E-state index contributed by atoms with van der Waals surface area (Å²) in [6.07, 6.45) is 5.41. The molecule has 3 aromatic rings. The summed E-state index contributed by atoms with van der Waals surface area (Å²) in [7, 11) is 0. The second kappa shape index (κ2) is 6.73. The first-order valence-corrected chi connectivity index (χ1v) is 9.58. The van der Waals surface area contributed by atoms with Crippen molar-refractivity contribution in [1.82, 2.24) is 15.0 Å². The fraction of sp³-hybridized carbons (Fsp3) is 0.250. The van der Waals surface area contributed by atoms with Crippen LogP contribution in [-0.4, -0.2) is 33.2 Å². The molecule has 1 amide bonds. The number of primary amides is 1. The van der Waals surface area contributed by atoms with Crippen LogP contribution in [0.5, 0.6) is 0 Å². The predicted octanol–water partition coefficient (Wildman–Crippen LogP) is 3.87. The topological polar surface area (TPSA) is 106 Å². The number of hydrogen-bond donors (Lipinski definition) is 3. The Balaban J connectivity index is 1.52. The fourth-order valence-electron chi connectivity index (χ4n) is 4.25. The van der Waals surface area contributed by atoms with Crippen LogP contribution in [0.1, 0.15) is 6.42 Å². The molecule has 2 bridgehead atoms. The van der Waals surface area contributed by atoms with Gasteiger partial charge in [-0.3, -0.25) is 0 Å². The number of anilines is 1. The molecule has 0 saturated heterocycles. The maximum Gasteiger partial charge on any atom is 0.404 e. The molecule has 1 fully saturated rings. The van der Waals surface area contributed by atoms with Gasteiger partial charge in [0.25, 0.3) is 0 Å². The number of rotatable bonds is 4. The Bertz CT molecular complexity index is 1130. The Morgan fingerprint density at radius 1 is 1.28 bits per heavy atom. The van der Waals surface area contributed by atoms with Gasteiger partial charge in [0.2, 0.25) is 0 Å². The van der Waals surface area contributed by atoms with Crippen molar-refractivity contribution in [2.24, 2.45) is 17.6 Å². The molecule has 0 radical (unpaired) electrons. The molecular weight excluding hydrogens is 397 g/mol. The number of aromatic nitrogens is 3. The third-order valence-corrected chi connectivity index (χ3v) is 5.83. The van der Waals surface area contributed by atoms with Crippen molar-refractivity contribution < 1.29 is 13.9 Å². The molecule has 29 heavy (non-hydrogen) atoms. The molecule has 5 rings (SSSR count). The quantitative estimate of drug-likeness (QED) is 0.563. The van der Waals surface area contributed by atoms with Crippen LogP contribution in [0.25, 0.3) is 22.6 Å².